The van der Waals surface area contributed by atoms with Crippen LogP contribution in [0.5, 0.6) is 0 Å². The summed E-state index contributed by atoms with van der Waals surface area (Å²) in [6, 6.07) is 2.50. The average molecular weight is 553 g/mol. The molecule has 1 aromatic rings. The predicted molar refractivity (Wildman–Crippen MR) is 179 cm³/mol. The van der Waals surface area contributed by atoms with Crippen molar-refractivity contribution in [3.05, 3.63) is 99.4 Å². The van der Waals surface area contributed by atoms with E-state index in [2.05, 4.69) is 88.5 Å². The molecular weight excluding hydrogens is 496 g/mol. The Morgan fingerprint density at radius 1 is 1.05 bits per heavy atom. The first-order valence-electron chi connectivity index (χ1n) is 16.0. The Balaban J connectivity index is 1.86. The van der Waals surface area contributed by atoms with Crippen LogP contribution in [0.15, 0.2) is 71.6 Å². The van der Waals surface area contributed by atoms with Gasteiger partial charge in [0.05, 0.1) is 12.4 Å². The number of benzene rings is 1. The molecule has 0 aromatic heterocycles. The minimum atomic E-state index is -0.129. The van der Waals surface area contributed by atoms with Gasteiger partial charge in [-0.2, -0.15) is 0 Å². The van der Waals surface area contributed by atoms with Gasteiger partial charge in [-0.05, 0) is 127 Å². The maximum Gasteiger partial charge on any atom is 0.0891 e. The van der Waals surface area contributed by atoms with Crippen LogP contribution in [0.4, 0.5) is 0 Å². The highest BCUT2D eigenvalue weighted by molar-refractivity contribution is 5.87. The van der Waals surface area contributed by atoms with Crippen molar-refractivity contribution in [1.29, 1.82) is 0 Å². The number of hydrogen-bond acceptors (Lipinski definition) is 1. The molecule has 4 rings (SSSR count). The van der Waals surface area contributed by atoms with Crippen LogP contribution in [-0.2, 0) is 17.6 Å². The Morgan fingerprint density at radius 3 is 2.29 bits per heavy atom. The largest absolute Gasteiger partial charge is 0.499 e. The van der Waals surface area contributed by atoms with Crippen molar-refractivity contribution in [2.24, 2.45) is 16.2 Å². The molecule has 0 heterocycles. The van der Waals surface area contributed by atoms with E-state index < -0.39 is 0 Å². The number of rotatable bonds is 9. The summed E-state index contributed by atoms with van der Waals surface area (Å²) in [5, 5.41) is 0. The maximum absolute atomic E-state index is 5.93. The quantitative estimate of drug-likeness (QED) is 0.219. The van der Waals surface area contributed by atoms with Gasteiger partial charge in [0.15, 0.2) is 0 Å². The summed E-state index contributed by atoms with van der Waals surface area (Å²) < 4.78 is 5.93. The van der Waals surface area contributed by atoms with E-state index in [1.165, 1.54) is 61.3 Å². The molecule has 1 nitrogen and oxygen atoms in total. The fourth-order valence-corrected chi connectivity index (χ4v) is 9.17. The van der Waals surface area contributed by atoms with Crippen LogP contribution < -0.4 is 0 Å². The third-order valence-electron chi connectivity index (χ3n) is 11.2. The third-order valence-corrected chi connectivity index (χ3v) is 11.2. The van der Waals surface area contributed by atoms with E-state index in [1.54, 1.807) is 0 Å². The van der Waals surface area contributed by atoms with Crippen LogP contribution in [0.2, 0.25) is 0 Å². The van der Waals surface area contributed by atoms with Crippen LogP contribution in [-0.4, -0.2) is 6.61 Å². The summed E-state index contributed by atoms with van der Waals surface area (Å²) in [5.41, 5.74) is 16.5. The van der Waals surface area contributed by atoms with E-state index in [1.807, 2.05) is 0 Å². The molecule has 0 N–H and O–H groups in total. The number of unbranched alkanes of at least 4 members (excludes halogenated alkanes) is 1. The highest BCUT2D eigenvalue weighted by atomic mass is 16.5. The topological polar surface area (TPSA) is 9.23 Å². The zero-order valence-electron chi connectivity index (χ0n) is 28.0. The highest BCUT2D eigenvalue weighted by Gasteiger charge is 2.59. The number of aryl methyl sites for hydroxylation is 1. The molecule has 3 aliphatic rings. The lowest BCUT2D eigenvalue weighted by Crippen LogP contribution is -2.52. The number of hydrogen-bond donors (Lipinski definition) is 0. The fourth-order valence-electron chi connectivity index (χ4n) is 9.17. The van der Waals surface area contributed by atoms with E-state index >= 15 is 0 Å². The zero-order chi connectivity index (χ0) is 30.7. The zero-order valence-corrected chi connectivity index (χ0v) is 28.0. The lowest BCUT2D eigenvalue weighted by Gasteiger charge is -2.62. The predicted octanol–water partition coefficient (Wildman–Crippen LogP) is 11.5. The van der Waals surface area contributed by atoms with Crippen molar-refractivity contribution in [1.82, 2.24) is 0 Å². The maximum atomic E-state index is 5.93. The van der Waals surface area contributed by atoms with Gasteiger partial charge in [-0.15, -0.1) is 0 Å². The van der Waals surface area contributed by atoms with E-state index in [9.17, 15) is 0 Å². The van der Waals surface area contributed by atoms with Gasteiger partial charge in [-0.25, -0.2) is 0 Å². The van der Waals surface area contributed by atoms with E-state index in [-0.39, 0.29) is 16.2 Å². The standard InChI is InChI=1S/C40H56O/c1-15-16-19-41-27(7)17-18-32-20-33(24(2)3)34-22-38(12)23-39(13)21-26(6)35(25(4)5)30(10)40(39,14)31(11)37(38)29(9)36(34)28(32)8/h20,24H,4,7,9-10,15-19,21-23H2,1-3,5-6,8,11-14H3/t38-,39+,40-/m1/s1. The Labute approximate surface area is 252 Å². The van der Waals surface area contributed by atoms with Gasteiger partial charge in [0.2, 0.25) is 0 Å². The second-order valence-corrected chi connectivity index (χ2v) is 14.7. The van der Waals surface area contributed by atoms with Gasteiger partial charge in [-0.1, -0.05) is 97.1 Å². The number of allylic oxidation sites excluding steroid dienone is 8. The first-order chi connectivity index (χ1) is 19.0. The van der Waals surface area contributed by atoms with Crippen molar-refractivity contribution in [2.75, 3.05) is 6.61 Å². The molecule has 0 aliphatic heterocycles. The first kappa shape index (κ1) is 31.4. The van der Waals surface area contributed by atoms with Crippen molar-refractivity contribution in [2.45, 2.75) is 120 Å². The molecule has 0 fully saturated rings. The minimum absolute atomic E-state index is 0.0444. The molecule has 0 saturated heterocycles. The molecule has 3 atom stereocenters. The molecule has 41 heavy (non-hydrogen) atoms. The summed E-state index contributed by atoms with van der Waals surface area (Å²) in [7, 11) is 0. The number of ether oxygens (including phenoxy) is 1. The number of fused-ring (bicyclic) bond motifs is 3. The van der Waals surface area contributed by atoms with Crippen LogP contribution in [0, 0.1) is 23.2 Å². The monoisotopic (exact) mass is 552 g/mol. The van der Waals surface area contributed by atoms with Crippen LogP contribution in [0.1, 0.15) is 128 Å². The fraction of sp³-hybridized carbons (Fsp3) is 0.550. The average Bonchev–Trinajstić information content (AvgIpc) is 2.85. The summed E-state index contributed by atoms with van der Waals surface area (Å²) in [6.07, 6.45) is 7.32. The van der Waals surface area contributed by atoms with E-state index in [4.69, 9.17) is 17.9 Å². The van der Waals surface area contributed by atoms with Crippen molar-refractivity contribution >= 4 is 5.57 Å². The molecule has 0 unspecified atom stereocenters. The van der Waals surface area contributed by atoms with E-state index in [0.717, 1.165) is 62.9 Å². The highest BCUT2D eigenvalue weighted by Crippen LogP contribution is 2.70. The second kappa shape index (κ2) is 10.9. The van der Waals surface area contributed by atoms with Crippen LogP contribution in [0.25, 0.3) is 5.57 Å². The van der Waals surface area contributed by atoms with Crippen molar-refractivity contribution in [3.63, 3.8) is 0 Å². The van der Waals surface area contributed by atoms with Crippen LogP contribution >= 0.6 is 0 Å². The summed E-state index contributed by atoms with van der Waals surface area (Å²) in [5.74, 6) is 1.36. The van der Waals surface area contributed by atoms with Crippen LogP contribution in [0.3, 0.4) is 0 Å². The van der Waals surface area contributed by atoms with Gasteiger partial charge >= 0.3 is 0 Å². The molecule has 0 saturated carbocycles. The van der Waals surface area contributed by atoms with Gasteiger partial charge < -0.3 is 4.74 Å². The lowest BCUT2D eigenvalue weighted by molar-refractivity contribution is 0.0543. The molecule has 0 radical (unpaired) electrons. The van der Waals surface area contributed by atoms with E-state index in [0.29, 0.717) is 5.92 Å². The SMILES string of the molecule is C=C(CCc1cc(C(C)C)c2c(c1C)C(=C)C1=C(C)[C@@]3(C)C(=C)C(C(=C)C)=C(C)C[C@@]3(C)C[C@@]1(C)C2)OCCCC. The molecule has 0 amide bonds. The third kappa shape index (κ3) is 4.86. The normalized spacial score (nSPS) is 27.6. The Kier molecular flexibility index (Phi) is 8.38. The Bertz CT molecular complexity index is 1390. The van der Waals surface area contributed by atoms with Gasteiger partial charge in [0.1, 0.15) is 0 Å². The molecular formula is C40H56O. The van der Waals surface area contributed by atoms with Crippen molar-refractivity contribution in [3.8, 4) is 0 Å². The summed E-state index contributed by atoms with van der Waals surface area (Å²) >= 11 is 0. The smallest absolute Gasteiger partial charge is 0.0891 e. The summed E-state index contributed by atoms with van der Waals surface area (Å²) in [4.78, 5) is 0. The molecule has 0 spiro atoms. The minimum Gasteiger partial charge on any atom is -0.499 e. The molecule has 222 valence electrons. The van der Waals surface area contributed by atoms with Gasteiger partial charge in [-0.3, -0.25) is 0 Å². The molecule has 1 heteroatoms. The Morgan fingerprint density at radius 2 is 1.71 bits per heavy atom. The summed E-state index contributed by atoms with van der Waals surface area (Å²) in [6.45, 7) is 42.6. The first-order valence-corrected chi connectivity index (χ1v) is 16.0. The second-order valence-electron chi connectivity index (χ2n) is 14.7. The molecule has 3 aliphatic carbocycles. The molecule has 1 aromatic carbocycles. The van der Waals surface area contributed by atoms with Crippen molar-refractivity contribution < 1.29 is 4.74 Å². The Hall–Kier alpha value is -2.54. The van der Waals surface area contributed by atoms with Gasteiger partial charge in [0.25, 0.3) is 0 Å². The molecule has 0 bridgehead atoms. The van der Waals surface area contributed by atoms with Gasteiger partial charge in [0, 0.05) is 11.8 Å². The lowest BCUT2D eigenvalue weighted by atomic mass is 9.41.